The van der Waals surface area contributed by atoms with Crippen LogP contribution in [0.15, 0.2) is 29.4 Å². The van der Waals surface area contributed by atoms with Crippen molar-refractivity contribution in [1.29, 1.82) is 0 Å². The van der Waals surface area contributed by atoms with E-state index in [4.69, 9.17) is 9.47 Å². The van der Waals surface area contributed by atoms with Crippen LogP contribution in [-0.2, 0) is 22.5 Å². The minimum Gasteiger partial charge on any atom is -0.494 e. The van der Waals surface area contributed by atoms with Crippen LogP contribution in [0.3, 0.4) is 0 Å². The van der Waals surface area contributed by atoms with Crippen molar-refractivity contribution in [2.24, 2.45) is 0 Å². The Bertz CT molecular complexity index is 1160. The molecule has 0 aliphatic heterocycles. The predicted molar refractivity (Wildman–Crippen MR) is 141 cm³/mol. The number of ether oxygens (including phenoxy) is 2. The van der Waals surface area contributed by atoms with Crippen LogP contribution in [0.2, 0.25) is 0 Å². The van der Waals surface area contributed by atoms with Crippen molar-refractivity contribution in [2.75, 3.05) is 24.8 Å². The fourth-order valence-corrected chi connectivity index (χ4v) is 5.58. The van der Waals surface area contributed by atoms with Gasteiger partial charge in [0, 0.05) is 17.0 Å². The van der Waals surface area contributed by atoms with Crippen molar-refractivity contribution in [3.8, 4) is 17.1 Å². The maximum absolute atomic E-state index is 12.7. The van der Waals surface area contributed by atoms with Gasteiger partial charge in [-0.2, -0.15) is 0 Å². The molecule has 0 bridgehead atoms. The monoisotopic (exact) mass is 516 g/mol. The Morgan fingerprint density at radius 1 is 1.14 bits per heavy atom. The van der Waals surface area contributed by atoms with Crippen LogP contribution in [0, 0.1) is 6.92 Å². The number of methoxy groups -OCH3 is 1. The van der Waals surface area contributed by atoms with Gasteiger partial charge in [-0.25, -0.2) is 4.79 Å². The van der Waals surface area contributed by atoms with E-state index in [2.05, 4.69) is 22.4 Å². The molecule has 0 unspecified atom stereocenters. The molecule has 1 amide bonds. The maximum atomic E-state index is 12.7. The molecule has 0 saturated carbocycles. The summed E-state index contributed by atoms with van der Waals surface area (Å²) in [5, 5.41) is 12.7. The third kappa shape index (κ3) is 6.43. The highest BCUT2D eigenvalue weighted by Gasteiger charge is 2.23. The van der Waals surface area contributed by atoms with Crippen molar-refractivity contribution in [3.63, 3.8) is 0 Å². The summed E-state index contributed by atoms with van der Waals surface area (Å²) in [4.78, 5) is 26.0. The molecule has 1 aromatic carbocycles. The Morgan fingerprint density at radius 2 is 1.89 bits per heavy atom. The number of unbranched alkanes of at least 4 members (excludes halogenated alkanes) is 1. The third-order valence-electron chi connectivity index (χ3n) is 5.45. The van der Waals surface area contributed by atoms with Crippen LogP contribution >= 0.6 is 23.1 Å². The predicted octanol–water partition coefficient (Wildman–Crippen LogP) is 5.59. The summed E-state index contributed by atoms with van der Waals surface area (Å²) in [7, 11) is 1.35. The molecule has 0 aliphatic carbocycles. The van der Waals surface area contributed by atoms with E-state index in [1.165, 1.54) is 30.2 Å². The lowest BCUT2D eigenvalue weighted by molar-refractivity contribution is -0.113. The van der Waals surface area contributed by atoms with Gasteiger partial charge in [-0.3, -0.25) is 4.79 Å². The molecule has 2 aromatic heterocycles. The number of thioether (sulfide) groups is 1. The second-order valence-corrected chi connectivity index (χ2v) is 9.97. The van der Waals surface area contributed by atoms with Gasteiger partial charge in [0.15, 0.2) is 11.0 Å². The summed E-state index contributed by atoms with van der Waals surface area (Å²) >= 11 is 2.70. The van der Waals surface area contributed by atoms with Gasteiger partial charge in [-0.05, 0) is 56.5 Å². The first-order chi connectivity index (χ1) is 16.9. The summed E-state index contributed by atoms with van der Waals surface area (Å²) in [6.07, 6.45) is 2.80. The number of nitrogens with zero attached hydrogens (tertiary/aromatic N) is 3. The first kappa shape index (κ1) is 26.7. The van der Waals surface area contributed by atoms with Gasteiger partial charge in [0.1, 0.15) is 10.8 Å². The molecule has 188 valence electrons. The lowest BCUT2D eigenvalue weighted by Crippen LogP contribution is -2.16. The van der Waals surface area contributed by atoms with Crippen molar-refractivity contribution in [2.45, 2.75) is 58.7 Å². The Labute approximate surface area is 214 Å². The van der Waals surface area contributed by atoms with Gasteiger partial charge >= 0.3 is 5.97 Å². The highest BCUT2D eigenvalue weighted by atomic mass is 32.2. The number of carbonyl (C=O) groups is 2. The number of aromatic nitrogens is 3. The normalized spacial score (nSPS) is 10.9. The lowest BCUT2D eigenvalue weighted by Gasteiger charge is -2.09. The Kier molecular flexibility index (Phi) is 9.73. The molecule has 3 aromatic rings. The van der Waals surface area contributed by atoms with Crippen molar-refractivity contribution < 1.29 is 19.1 Å². The van der Waals surface area contributed by atoms with Crippen LogP contribution in [0.5, 0.6) is 5.75 Å². The summed E-state index contributed by atoms with van der Waals surface area (Å²) in [6.45, 7) is 9.44. The Hall–Kier alpha value is -2.85. The van der Waals surface area contributed by atoms with E-state index < -0.39 is 5.97 Å². The molecule has 0 saturated heterocycles. The number of esters is 1. The molecule has 0 radical (unpaired) electrons. The topological polar surface area (TPSA) is 95.3 Å². The Morgan fingerprint density at radius 3 is 2.51 bits per heavy atom. The first-order valence-electron chi connectivity index (χ1n) is 11.7. The molecule has 0 atom stereocenters. The summed E-state index contributed by atoms with van der Waals surface area (Å²) in [6, 6.07) is 7.81. The van der Waals surface area contributed by atoms with Gasteiger partial charge < -0.3 is 19.4 Å². The van der Waals surface area contributed by atoms with Gasteiger partial charge in [-0.15, -0.1) is 21.5 Å². The third-order valence-corrected chi connectivity index (χ3v) is 7.48. The molecule has 35 heavy (non-hydrogen) atoms. The largest absolute Gasteiger partial charge is 0.494 e. The fourth-order valence-electron chi connectivity index (χ4n) is 3.63. The SMILES string of the molecule is CCCCOc1ccc(-c2nnc(SCC(=O)Nc3sc(C)c(CC)c3C(=O)OC)n2CC)cc1. The van der Waals surface area contributed by atoms with Crippen LogP contribution in [0.1, 0.15) is 54.4 Å². The molecule has 0 aliphatic rings. The minimum absolute atomic E-state index is 0.140. The zero-order chi connectivity index (χ0) is 25.4. The summed E-state index contributed by atoms with van der Waals surface area (Å²) in [5.41, 5.74) is 2.28. The summed E-state index contributed by atoms with van der Waals surface area (Å²) in [5.74, 6) is 1.06. The molecule has 2 heterocycles. The molecule has 0 fully saturated rings. The van der Waals surface area contributed by atoms with E-state index in [1.807, 2.05) is 49.6 Å². The van der Waals surface area contributed by atoms with E-state index in [0.29, 0.717) is 35.3 Å². The summed E-state index contributed by atoms with van der Waals surface area (Å²) < 4.78 is 12.7. The van der Waals surface area contributed by atoms with Crippen LogP contribution in [0.4, 0.5) is 5.00 Å². The Balaban J connectivity index is 1.68. The molecule has 0 spiro atoms. The van der Waals surface area contributed by atoms with Crippen molar-refractivity contribution in [3.05, 3.63) is 40.3 Å². The number of anilines is 1. The van der Waals surface area contributed by atoms with E-state index in [0.717, 1.165) is 40.4 Å². The molecule has 10 heteroatoms. The molecular weight excluding hydrogens is 484 g/mol. The number of thiophene rings is 1. The number of nitrogens with one attached hydrogen (secondary N) is 1. The van der Waals surface area contributed by atoms with E-state index in [9.17, 15) is 9.59 Å². The number of hydrogen-bond acceptors (Lipinski definition) is 8. The average Bonchev–Trinajstić information content (AvgIpc) is 3.42. The highest BCUT2D eigenvalue weighted by molar-refractivity contribution is 7.99. The smallest absolute Gasteiger partial charge is 0.341 e. The second kappa shape index (κ2) is 12.7. The standard InChI is InChI=1S/C25H32N4O4S2/c1-6-9-14-33-18-12-10-17(11-13-18)22-27-28-25(29(22)8-3)34-15-20(30)26-23-21(24(31)32-5)19(7-2)16(4)35-23/h10-13H,6-9,14-15H2,1-5H3,(H,26,30). The van der Waals surface area contributed by atoms with Crippen LogP contribution in [-0.4, -0.2) is 46.1 Å². The molecular formula is C25H32N4O4S2. The van der Waals surface area contributed by atoms with Gasteiger partial charge in [-0.1, -0.05) is 32.0 Å². The second-order valence-electron chi connectivity index (χ2n) is 7.80. The first-order valence-corrected chi connectivity index (χ1v) is 13.5. The highest BCUT2D eigenvalue weighted by Crippen LogP contribution is 2.34. The molecule has 3 rings (SSSR count). The van der Waals surface area contributed by atoms with E-state index >= 15 is 0 Å². The molecule has 1 N–H and O–H groups in total. The zero-order valence-electron chi connectivity index (χ0n) is 20.8. The van der Waals surface area contributed by atoms with Crippen LogP contribution < -0.4 is 10.1 Å². The van der Waals surface area contributed by atoms with E-state index in [-0.39, 0.29) is 11.7 Å². The average molecular weight is 517 g/mol. The van der Waals surface area contributed by atoms with Gasteiger partial charge in [0.2, 0.25) is 5.91 Å². The minimum atomic E-state index is -0.439. The zero-order valence-corrected chi connectivity index (χ0v) is 22.5. The number of amides is 1. The van der Waals surface area contributed by atoms with Crippen molar-refractivity contribution >= 4 is 40.0 Å². The van der Waals surface area contributed by atoms with Gasteiger partial charge in [0.25, 0.3) is 0 Å². The number of carbonyl (C=O) groups excluding carboxylic acids is 2. The van der Waals surface area contributed by atoms with Gasteiger partial charge in [0.05, 0.1) is 25.0 Å². The number of benzene rings is 1. The molecule has 8 nitrogen and oxygen atoms in total. The fraction of sp³-hybridized carbons (Fsp3) is 0.440. The number of rotatable bonds is 12. The number of hydrogen-bond donors (Lipinski definition) is 1. The van der Waals surface area contributed by atoms with Crippen molar-refractivity contribution in [1.82, 2.24) is 14.8 Å². The van der Waals surface area contributed by atoms with E-state index in [1.54, 1.807) is 0 Å². The number of aryl methyl sites for hydroxylation is 1. The quantitative estimate of drug-likeness (QED) is 0.190. The maximum Gasteiger partial charge on any atom is 0.341 e. The van der Waals surface area contributed by atoms with Crippen LogP contribution in [0.25, 0.3) is 11.4 Å². The lowest BCUT2D eigenvalue weighted by atomic mass is 10.1.